The van der Waals surface area contributed by atoms with Crippen LogP contribution in [0, 0.1) is 0 Å². The van der Waals surface area contributed by atoms with Gasteiger partial charge in [0, 0.05) is 52.7 Å². The molecule has 0 radical (unpaired) electrons. The summed E-state index contributed by atoms with van der Waals surface area (Å²) >= 11 is 0. The van der Waals surface area contributed by atoms with Gasteiger partial charge in [0.15, 0.2) is 5.96 Å². The van der Waals surface area contributed by atoms with Gasteiger partial charge in [-0.25, -0.2) is 0 Å². The fourth-order valence-corrected chi connectivity index (χ4v) is 2.58. The number of benzene rings is 1. The van der Waals surface area contributed by atoms with Crippen molar-refractivity contribution < 1.29 is 4.74 Å². The van der Waals surface area contributed by atoms with E-state index in [2.05, 4.69) is 56.9 Å². The highest BCUT2D eigenvalue weighted by atomic mass is 127. The molecule has 0 saturated heterocycles. The number of rotatable bonds is 10. The summed E-state index contributed by atoms with van der Waals surface area (Å²) in [4.78, 5) is 6.53. The van der Waals surface area contributed by atoms with E-state index in [1.807, 2.05) is 16.9 Å². The molecule has 0 aliphatic rings. The van der Waals surface area contributed by atoms with Crippen LogP contribution in [0.4, 0.5) is 0 Å². The van der Waals surface area contributed by atoms with Crippen molar-refractivity contribution in [2.75, 3.05) is 47.4 Å². The van der Waals surface area contributed by atoms with Crippen LogP contribution >= 0.6 is 24.0 Å². The third-order valence-corrected chi connectivity index (χ3v) is 4.14. The minimum atomic E-state index is 0. The number of aromatic nitrogens is 2. The van der Waals surface area contributed by atoms with Gasteiger partial charge in [0.1, 0.15) is 0 Å². The Kier molecular flexibility index (Phi) is 11.7. The first-order valence-electron chi connectivity index (χ1n) is 8.89. The summed E-state index contributed by atoms with van der Waals surface area (Å²) in [5.41, 5.74) is 2.49. The van der Waals surface area contributed by atoms with E-state index in [0.29, 0.717) is 0 Å². The van der Waals surface area contributed by atoms with E-state index in [-0.39, 0.29) is 24.0 Å². The predicted molar refractivity (Wildman–Crippen MR) is 121 cm³/mol. The van der Waals surface area contributed by atoms with Crippen LogP contribution in [0.2, 0.25) is 0 Å². The highest BCUT2D eigenvalue weighted by Crippen LogP contribution is 2.10. The maximum atomic E-state index is 5.09. The van der Waals surface area contributed by atoms with Gasteiger partial charge in [-0.2, -0.15) is 5.10 Å². The summed E-state index contributed by atoms with van der Waals surface area (Å²) in [7, 11) is 5.60. The zero-order chi connectivity index (χ0) is 18.6. The average molecular weight is 486 g/mol. The van der Waals surface area contributed by atoms with Gasteiger partial charge in [-0.15, -0.1) is 24.0 Å². The van der Waals surface area contributed by atoms with Crippen molar-refractivity contribution in [1.82, 2.24) is 25.3 Å². The third-order valence-electron chi connectivity index (χ3n) is 4.14. The monoisotopic (exact) mass is 486 g/mol. The molecule has 1 aromatic heterocycles. The van der Waals surface area contributed by atoms with Crippen LogP contribution in [0.5, 0.6) is 0 Å². The van der Waals surface area contributed by atoms with Crippen LogP contribution in [0.1, 0.15) is 11.1 Å². The number of halogens is 1. The van der Waals surface area contributed by atoms with E-state index in [9.17, 15) is 0 Å². The molecule has 0 saturated carbocycles. The quantitative estimate of drug-likeness (QED) is 0.305. The maximum Gasteiger partial charge on any atom is 0.191 e. The maximum absolute atomic E-state index is 5.09. The van der Waals surface area contributed by atoms with Crippen molar-refractivity contribution >= 4 is 29.9 Å². The summed E-state index contributed by atoms with van der Waals surface area (Å²) in [5.74, 6) is 0.805. The normalized spacial score (nSPS) is 11.3. The molecule has 150 valence electrons. The lowest BCUT2D eigenvalue weighted by molar-refractivity contribution is 0.162. The Morgan fingerprint density at radius 1 is 1.19 bits per heavy atom. The molecule has 0 aliphatic carbocycles. The van der Waals surface area contributed by atoms with Crippen LogP contribution in [0.25, 0.3) is 0 Å². The first-order valence-corrected chi connectivity index (χ1v) is 8.89. The highest BCUT2D eigenvalue weighted by molar-refractivity contribution is 14.0. The number of likely N-dealkylation sites (N-methyl/N-ethyl adjacent to an activating group) is 1. The molecule has 8 heteroatoms. The van der Waals surface area contributed by atoms with Gasteiger partial charge < -0.3 is 20.3 Å². The molecular weight excluding hydrogens is 455 g/mol. The van der Waals surface area contributed by atoms with E-state index >= 15 is 0 Å². The molecule has 0 amide bonds. The lowest BCUT2D eigenvalue weighted by Crippen LogP contribution is -2.41. The molecule has 0 bridgehead atoms. The topological polar surface area (TPSA) is 66.7 Å². The van der Waals surface area contributed by atoms with Gasteiger partial charge in [-0.3, -0.25) is 9.67 Å². The number of nitrogens with one attached hydrogen (secondary N) is 2. The van der Waals surface area contributed by atoms with Gasteiger partial charge in [0.05, 0.1) is 13.2 Å². The molecule has 7 nitrogen and oxygen atoms in total. The van der Waals surface area contributed by atoms with Crippen molar-refractivity contribution in [1.29, 1.82) is 0 Å². The Hall–Kier alpha value is -1.65. The third kappa shape index (κ3) is 8.72. The molecular formula is C19H31IN6O. The Balaban J connectivity index is 0.00000364. The van der Waals surface area contributed by atoms with Crippen molar-refractivity contribution in [2.45, 2.75) is 13.1 Å². The number of hydrogen-bond acceptors (Lipinski definition) is 4. The minimum absolute atomic E-state index is 0. The molecule has 1 heterocycles. The van der Waals surface area contributed by atoms with E-state index in [0.717, 1.165) is 45.3 Å². The summed E-state index contributed by atoms with van der Waals surface area (Å²) < 4.78 is 7.03. The number of hydrogen-bond donors (Lipinski definition) is 2. The number of ether oxygens (including phenoxy) is 1. The van der Waals surface area contributed by atoms with Crippen molar-refractivity contribution in [3.05, 3.63) is 53.9 Å². The zero-order valence-corrected chi connectivity index (χ0v) is 18.7. The van der Waals surface area contributed by atoms with E-state index in [4.69, 9.17) is 4.74 Å². The predicted octanol–water partition coefficient (Wildman–Crippen LogP) is 1.79. The molecule has 0 aliphatic heterocycles. The molecule has 27 heavy (non-hydrogen) atoms. The Morgan fingerprint density at radius 3 is 2.63 bits per heavy atom. The number of methoxy groups -OCH3 is 1. The standard InChI is InChI=1S/C19H30N6O.HI/c1-20-19(21-10-12-24(2)13-14-26-3)22-15-17-7-4-5-8-18(17)16-25-11-6-9-23-25;/h4-9,11H,10,12-16H2,1-3H3,(H2,20,21,22);1H. The largest absolute Gasteiger partial charge is 0.383 e. The average Bonchev–Trinajstić information content (AvgIpc) is 3.17. The second-order valence-corrected chi connectivity index (χ2v) is 6.12. The number of guanidine groups is 1. The fraction of sp³-hybridized carbons (Fsp3) is 0.474. The van der Waals surface area contributed by atoms with Crippen molar-refractivity contribution in [3.63, 3.8) is 0 Å². The number of nitrogens with zero attached hydrogens (tertiary/aromatic N) is 4. The van der Waals surface area contributed by atoms with E-state index in [1.54, 1.807) is 20.4 Å². The molecule has 0 fully saturated rings. The Labute approximate surface area is 179 Å². The second-order valence-electron chi connectivity index (χ2n) is 6.12. The summed E-state index contributed by atoms with van der Waals surface area (Å²) in [6.45, 7) is 4.91. The van der Waals surface area contributed by atoms with Gasteiger partial charge in [0.25, 0.3) is 0 Å². The minimum Gasteiger partial charge on any atom is -0.383 e. The van der Waals surface area contributed by atoms with Crippen molar-refractivity contribution in [3.8, 4) is 0 Å². The zero-order valence-electron chi connectivity index (χ0n) is 16.4. The Morgan fingerprint density at radius 2 is 1.96 bits per heavy atom. The lowest BCUT2D eigenvalue weighted by atomic mass is 10.1. The molecule has 2 aromatic rings. The van der Waals surface area contributed by atoms with Crippen LogP contribution < -0.4 is 10.6 Å². The van der Waals surface area contributed by atoms with Crippen LogP contribution in [0.3, 0.4) is 0 Å². The van der Waals surface area contributed by atoms with Gasteiger partial charge in [-0.1, -0.05) is 24.3 Å². The smallest absolute Gasteiger partial charge is 0.191 e. The molecule has 0 unspecified atom stereocenters. The number of aliphatic imine (C=N–C) groups is 1. The highest BCUT2D eigenvalue weighted by Gasteiger charge is 2.05. The summed E-state index contributed by atoms with van der Waals surface area (Å²) in [6, 6.07) is 10.3. The first-order chi connectivity index (χ1) is 12.7. The van der Waals surface area contributed by atoms with Crippen LogP contribution in [-0.2, 0) is 17.8 Å². The van der Waals surface area contributed by atoms with Crippen LogP contribution in [0.15, 0.2) is 47.7 Å². The van der Waals surface area contributed by atoms with Crippen molar-refractivity contribution in [2.24, 2.45) is 4.99 Å². The Bertz CT molecular complexity index is 662. The molecule has 0 atom stereocenters. The summed E-state index contributed by atoms with van der Waals surface area (Å²) in [5, 5.41) is 11.0. The molecule has 1 aromatic carbocycles. The SMILES string of the molecule is CN=C(NCCN(C)CCOC)NCc1ccccc1Cn1cccn1.I. The van der Waals surface area contributed by atoms with Gasteiger partial charge >= 0.3 is 0 Å². The van der Waals surface area contributed by atoms with Gasteiger partial charge in [0.2, 0.25) is 0 Å². The van der Waals surface area contributed by atoms with Crippen LogP contribution in [-0.4, -0.2) is 68.1 Å². The van der Waals surface area contributed by atoms with E-state index in [1.165, 1.54) is 11.1 Å². The lowest BCUT2D eigenvalue weighted by Gasteiger charge is -2.18. The first kappa shape index (κ1) is 23.4. The van der Waals surface area contributed by atoms with Gasteiger partial charge in [-0.05, 0) is 24.2 Å². The second kappa shape index (κ2) is 13.5. The fourth-order valence-electron chi connectivity index (χ4n) is 2.58. The molecule has 0 spiro atoms. The summed E-state index contributed by atoms with van der Waals surface area (Å²) in [6.07, 6.45) is 3.78. The molecule has 2 N–H and O–H groups in total. The van der Waals surface area contributed by atoms with E-state index < -0.39 is 0 Å². The molecule has 2 rings (SSSR count).